The Kier molecular flexibility index (Phi) is 8.53. The molecule has 0 bridgehead atoms. The number of anilines is 1. The summed E-state index contributed by atoms with van der Waals surface area (Å²) >= 11 is 11.8. The van der Waals surface area contributed by atoms with E-state index < -0.39 is 11.9 Å². The molecular formula is C15H18Cl2N2O5. The van der Waals surface area contributed by atoms with E-state index in [-0.39, 0.29) is 5.91 Å². The van der Waals surface area contributed by atoms with Gasteiger partial charge in [-0.25, -0.2) is 9.59 Å². The molecule has 0 unspecified atom stereocenters. The van der Waals surface area contributed by atoms with Crippen LogP contribution in [0, 0.1) is 0 Å². The molecule has 1 fully saturated rings. The van der Waals surface area contributed by atoms with Gasteiger partial charge in [0, 0.05) is 11.1 Å². The first-order valence-corrected chi connectivity index (χ1v) is 7.99. The highest BCUT2D eigenvalue weighted by atomic mass is 35.5. The molecule has 0 spiro atoms. The molecule has 0 radical (unpaired) electrons. The largest absolute Gasteiger partial charge is 0.473 e. The molecule has 1 aromatic rings. The Hall–Kier alpha value is -1.83. The lowest BCUT2D eigenvalue weighted by Gasteiger charge is -2.12. The van der Waals surface area contributed by atoms with Crippen molar-refractivity contribution >= 4 is 46.7 Å². The second-order valence-corrected chi connectivity index (χ2v) is 5.99. The number of hydrogen-bond donors (Lipinski definition) is 4. The Labute approximate surface area is 148 Å². The topological polar surface area (TPSA) is 116 Å². The van der Waals surface area contributed by atoms with Gasteiger partial charge in [0.1, 0.15) is 0 Å². The second-order valence-electron chi connectivity index (χ2n) is 5.14. The summed E-state index contributed by atoms with van der Waals surface area (Å²) in [5.41, 5.74) is 0.597. The molecule has 1 amide bonds. The van der Waals surface area contributed by atoms with Gasteiger partial charge in [-0.3, -0.25) is 4.79 Å². The molecule has 9 heteroatoms. The Morgan fingerprint density at radius 2 is 1.67 bits per heavy atom. The quantitative estimate of drug-likeness (QED) is 0.600. The lowest BCUT2D eigenvalue weighted by Crippen LogP contribution is -2.34. The highest BCUT2D eigenvalue weighted by molar-refractivity contribution is 6.36. The predicted molar refractivity (Wildman–Crippen MR) is 90.6 cm³/mol. The van der Waals surface area contributed by atoms with Crippen molar-refractivity contribution < 1.29 is 24.6 Å². The van der Waals surface area contributed by atoms with Crippen molar-refractivity contribution in [3.63, 3.8) is 0 Å². The monoisotopic (exact) mass is 376 g/mol. The van der Waals surface area contributed by atoms with Crippen LogP contribution in [0.3, 0.4) is 0 Å². The first-order valence-electron chi connectivity index (χ1n) is 7.24. The number of rotatable bonds is 4. The zero-order valence-electron chi connectivity index (χ0n) is 12.7. The summed E-state index contributed by atoms with van der Waals surface area (Å²) < 4.78 is 0. The minimum Gasteiger partial charge on any atom is -0.473 e. The zero-order valence-corrected chi connectivity index (χ0v) is 14.2. The summed E-state index contributed by atoms with van der Waals surface area (Å²) in [4.78, 5) is 29.9. The Bertz CT molecular complexity index is 592. The standard InChI is InChI=1S/C13H16Cl2N2O.C2H2O4/c14-9-5-6-12(11(15)7-9)17-13(18)8-16-10-3-1-2-4-10;3-1(4)2(5)6/h5-7,10,16H,1-4,8H2,(H,17,18);(H,3,4)(H,5,6). The maximum absolute atomic E-state index is 11.7. The lowest BCUT2D eigenvalue weighted by atomic mass is 10.2. The van der Waals surface area contributed by atoms with Crippen LogP contribution in [0.25, 0.3) is 0 Å². The van der Waals surface area contributed by atoms with E-state index in [0.29, 0.717) is 28.3 Å². The number of carboxylic acids is 2. The van der Waals surface area contributed by atoms with Crippen LogP contribution in [0.5, 0.6) is 0 Å². The highest BCUT2D eigenvalue weighted by Gasteiger charge is 2.15. The summed E-state index contributed by atoms with van der Waals surface area (Å²) in [6.45, 7) is 0.323. The summed E-state index contributed by atoms with van der Waals surface area (Å²) in [5.74, 6) is -3.73. The molecule has 0 saturated heterocycles. The third-order valence-corrected chi connectivity index (χ3v) is 3.84. The molecule has 1 aromatic carbocycles. The summed E-state index contributed by atoms with van der Waals surface area (Å²) in [7, 11) is 0. The lowest BCUT2D eigenvalue weighted by molar-refractivity contribution is -0.159. The highest BCUT2D eigenvalue weighted by Crippen LogP contribution is 2.25. The molecule has 0 heterocycles. The second kappa shape index (κ2) is 10.1. The molecule has 0 aliphatic heterocycles. The van der Waals surface area contributed by atoms with Crippen molar-refractivity contribution in [3.05, 3.63) is 28.2 Å². The Morgan fingerprint density at radius 1 is 1.08 bits per heavy atom. The Balaban J connectivity index is 0.000000413. The van der Waals surface area contributed by atoms with E-state index in [4.69, 9.17) is 43.0 Å². The number of nitrogens with one attached hydrogen (secondary N) is 2. The van der Waals surface area contributed by atoms with E-state index in [1.807, 2.05) is 0 Å². The van der Waals surface area contributed by atoms with Crippen LogP contribution >= 0.6 is 23.2 Å². The van der Waals surface area contributed by atoms with Gasteiger partial charge in [-0.2, -0.15) is 0 Å². The molecule has 7 nitrogen and oxygen atoms in total. The predicted octanol–water partition coefficient (Wildman–Crippen LogP) is 2.62. The molecule has 1 aliphatic rings. The number of aliphatic carboxylic acids is 2. The first kappa shape index (κ1) is 20.2. The van der Waals surface area contributed by atoms with Crippen molar-refractivity contribution in [2.24, 2.45) is 0 Å². The van der Waals surface area contributed by atoms with E-state index in [1.54, 1.807) is 18.2 Å². The number of carbonyl (C=O) groups excluding carboxylic acids is 1. The van der Waals surface area contributed by atoms with Gasteiger partial charge in [0.2, 0.25) is 5.91 Å². The molecule has 2 rings (SSSR count). The number of hydrogen-bond acceptors (Lipinski definition) is 4. The van der Waals surface area contributed by atoms with Gasteiger partial charge in [-0.15, -0.1) is 0 Å². The van der Waals surface area contributed by atoms with Gasteiger partial charge >= 0.3 is 11.9 Å². The van der Waals surface area contributed by atoms with Gasteiger partial charge in [-0.1, -0.05) is 36.0 Å². The van der Waals surface area contributed by atoms with Gasteiger partial charge in [0.05, 0.1) is 17.3 Å². The minimum absolute atomic E-state index is 0.0777. The third kappa shape index (κ3) is 7.63. The molecule has 0 aromatic heterocycles. The van der Waals surface area contributed by atoms with Crippen molar-refractivity contribution in [2.75, 3.05) is 11.9 Å². The normalized spacial score (nSPS) is 13.8. The molecule has 4 N–H and O–H groups in total. The van der Waals surface area contributed by atoms with Crippen LogP contribution in [0.1, 0.15) is 25.7 Å². The van der Waals surface area contributed by atoms with Crippen molar-refractivity contribution in [1.29, 1.82) is 0 Å². The van der Waals surface area contributed by atoms with E-state index in [9.17, 15) is 4.79 Å². The number of amides is 1. The van der Waals surface area contributed by atoms with Crippen LogP contribution in [-0.4, -0.2) is 40.6 Å². The first-order chi connectivity index (χ1) is 11.3. The number of halogens is 2. The van der Waals surface area contributed by atoms with Crippen LogP contribution < -0.4 is 10.6 Å². The number of carboxylic acid groups (broad SMARTS) is 2. The number of benzene rings is 1. The SMILES string of the molecule is O=C(CNC1CCCC1)Nc1ccc(Cl)cc1Cl.O=C(O)C(=O)O. The fourth-order valence-electron chi connectivity index (χ4n) is 2.15. The third-order valence-electron chi connectivity index (χ3n) is 3.29. The van der Waals surface area contributed by atoms with Crippen molar-refractivity contribution in [3.8, 4) is 0 Å². The van der Waals surface area contributed by atoms with Crippen LogP contribution in [0.2, 0.25) is 10.0 Å². The average molecular weight is 377 g/mol. The fourth-order valence-corrected chi connectivity index (χ4v) is 2.61. The van der Waals surface area contributed by atoms with Crippen LogP contribution in [0.4, 0.5) is 5.69 Å². The summed E-state index contributed by atoms with van der Waals surface area (Å²) in [6, 6.07) is 5.51. The van der Waals surface area contributed by atoms with Gasteiger partial charge < -0.3 is 20.8 Å². The van der Waals surface area contributed by atoms with Crippen LogP contribution in [0.15, 0.2) is 18.2 Å². The minimum atomic E-state index is -1.82. The average Bonchev–Trinajstić information content (AvgIpc) is 3.02. The molecule has 1 aliphatic carbocycles. The fraction of sp³-hybridized carbons (Fsp3) is 0.400. The number of carbonyl (C=O) groups is 3. The van der Waals surface area contributed by atoms with E-state index in [0.717, 1.165) is 12.8 Å². The van der Waals surface area contributed by atoms with Gasteiger partial charge in [-0.05, 0) is 31.0 Å². The van der Waals surface area contributed by atoms with Crippen molar-refractivity contribution in [1.82, 2.24) is 5.32 Å². The molecule has 132 valence electrons. The van der Waals surface area contributed by atoms with Gasteiger partial charge in [0.15, 0.2) is 0 Å². The Morgan fingerprint density at radius 3 is 2.17 bits per heavy atom. The molecular weight excluding hydrogens is 359 g/mol. The smallest absolute Gasteiger partial charge is 0.414 e. The summed E-state index contributed by atoms with van der Waals surface area (Å²) in [5, 5.41) is 21.8. The van der Waals surface area contributed by atoms with E-state index in [2.05, 4.69) is 10.6 Å². The van der Waals surface area contributed by atoms with E-state index >= 15 is 0 Å². The van der Waals surface area contributed by atoms with Crippen LogP contribution in [-0.2, 0) is 14.4 Å². The summed E-state index contributed by atoms with van der Waals surface area (Å²) in [6.07, 6.45) is 4.83. The van der Waals surface area contributed by atoms with E-state index in [1.165, 1.54) is 12.8 Å². The maximum atomic E-state index is 11.7. The molecule has 24 heavy (non-hydrogen) atoms. The van der Waals surface area contributed by atoms with Crippen molar-refractivity contribution in [2.45, 2.75) is 31.7 Å². The molecule has 1 saturated carbocycles. The molecule has 0 atom stereocenters. The maximum Gasteiger partial charge on any atom is 0.414 e. The zero-order chi connectivity index (χ0) is 18.1. The van der Waals surface area contributed by atoms with Gasteiger partial charge in [0.25, 0.3) is 0 Å².